The van der Waals surface area contributed by atoms with E-state index in [9.17, 15) is 4.39 Å². The summed E-state index contributed by atoms with van der Waals surface area (Å²) in [5.74, 6) is -0.129. The lowest BCUT2D eigenvalue weighted by Crippen LogP contribution is -2.41. The molecule has 19 heavy (non-hydrogen) atoms. The van der Waals surface area contributed by atoms with Crippen molar-refractivity contribution in [3.63, 3.8) is 0 Å². The quantitative estimate of drug-likeness (QED) is 0.848. The Morgan fingerprint density at radius 1 is 1.37 bits per heavy atom. The number of hydrogen-bond donors (Lipinski definition) is 1. The Hall–Kier alpha value is -1.09. The van der Waals surface area contributed by atoms with Gasteiger partial charge in [0.1, 0.15) is 5.82 Å². The Balaban J connectivity index is 2.10. The standard InChI is InChI=1S/C16H25FN2/c1-4-16(3,11-18-5-2)12-19-9-8-13-6-7-14(17)10-15(13)19/h6-7,10,18H,4-5,8-9,11-12H2,1-3H3. The number of nitrogens with zero attached hydrogens (tertiary/aromatic N) is 1. The van der Waals surface area contributed by atoms with Crippen LogP contribution in [0, 0.1) is 11.2 Å². The lowest BCUT2D eigenvalue weighted by atomic mass is 9.86. The predicted octanol–water partition coefficient (Wildman–Crippen LogP) is 3.21. The number of halogens is 1. The second-order valence-electron chi connectivity index (χ2n) is 5.89. The number of anilines is 1. The van der Waals surface area contributed by atoms with Crippen LogP contribution in [0.4, 0.5) is 10.1 Å². The first-order valence-corrected chi connectivity index (χ1v) is 7.32. The van der Waals surface area contributed by atoms with E-state index in [1.54, 1.807) is 12.1 Å². The topological polar surface area (TPSA) is 15.3 Å². The first-order chi connectivity index (χ1) is 9.08. The monoisotopic (exact) mass is 264 g/mol. The molecule has 1 aliphatic heterocycles. The normalized spacial score (nSPS) is 17.4. The van der Waals surface area contributed by atoms with Crippen LogP contribution in [0.1, 0.15) is 32.8 Å². The van der Waals surface area contributed by atoms with Gasteiger partial charge in [0.25, 0.3) is 0 Å². The average molecular weight is 264 g/mol. The molecule has 1 aromatic rings. The molecule has 1 heterocycles. The van der Waals surface area contributed by atoms with Crippen LogP contribution in [0.15, 0.2) is 18.2 Å². The minimum atomic E-state index is -0.129. The molecule has 1 unspecified atom stereocenters. The van der Waals surface area contributed by atoms with Gasteiger partial charge in [0.2, 0.25) is 0 Å². The molecule has 0 spiro atoms. The molecule has 0 saturated carbocycles. The van der Waals surface area contributed by atoms with Crippen LogP contribution in [0.5, 0.6) is 0 Å². The lowest BCUT2D eigenvalue weighted by molar-refractivity contribution is 0.299. The summed E-state index contributed by atoms with van der Waals surface area (Å²) in [4.78, 5) is 2.35. The Labute approximate surface area is 116 Å². The molecule has 0 amide bonds. The molecule has 0 aromatic heterocycles. The van der Waals surface area contributed by atoms with Crippen LogP contribution < -0.4 is 10.2 Å². The van der Waals surface area contributed by atoms with Crippen LogP contribution in [0.2, 0.25) is 0 Å². The summed E-state index contributed by atoms with van der Waals surface area (Å²) in [5.41, 5.74) is 2.61. The zero-order valence-electron chi connectivity index (χ0n) is 12.3. The SMILES string of the molecule is CCNCC(C)(CC)CN1CCc2ccc(F)cc21. The molecule has 1 aliphatic rings. The number of rotatable bonds is 6. The Bertz CT molecular complexity index is 433. The molecular weight excluding hydrogens is 239 g/mol. The molecule has 1 atom stereocenters. The zero-order valence-corrected chi connectivity index (χ0v) is 12.3. The smallest absolute Gasteiger partial charge is 0.125 e. The van der Waals surface area contributed by atoms with Crippen molar-refractivity contribution >= 4 is 5.69 Å². The Morgan fingerprint density at radius 3 is 2.84 bits per heavy atom. The number of hydrogen-bond acceptors (Lipinski definition) is 2. The highest BCUT2D eigenvalue weighted by Crippen LogP contribution is 2.32. The number of fused-ring (bicyclic) bond motifs is 1. The first kappa shape index (κ1) is 14.3. The van der Waals surface area contributed by atoms with Crippen LogP contribution in [-0.4, -0.2) is 26.2 Å². The van der Waals surface area contributed by atoms with Crippen molar-refractivity contribution in [3.8, 4) is 0 Å². The summed E-state index contributed by atoms with van der Waals surface area (Å²) in [7, 11) is 0. The van der Waals surface area contributed by atoms with Crippen LogP contribution >= 0.6 is 0 Å². The van der Waals surface area contributed by atoms with Gasteiger partial charge < -0.3 is 10.2 Å². The van der Waals surface area contributed by atoms with Crippen molar-refractivity contribution in [1.29, 1.82) is 0 Å². The average Bonchev–Trinajstić information content (AvgIpc) is 2.79. The van der Waals surface area contributed by atoms with Gasteiger partial charge in [-0.2, -0.15) is 0 Å². The van der Waals surface area contributed by atoms with Crippen LogP contribution in [-0.2, 0) is 6.42 Å². The molecule has 0 saturated heterocycles. The fourth-order valence-corrected chi connectivity index (χ4v) is 2.76. The van der Waals surface area contributed by atoms with Crippen molar-refractivity contribution in [3.05, 3.63) is 29.6 Å². The third-order valence-electron chi connectivity index (χ3n) is 4.27. The second kappa shape index (κ2) is 5.91. The van der Waals surface area contributed by atoms with E-state index < -0.39 is 0 Å². The van der Waals surface area contributed by atoms with Crippen molar-refractivity contribution in [2.45, 2.75) is 33.6 Å². The van der Waals surface area contributed by atoms with Gasteiger partial charge in [-0.1, -0.05) is 26.8 Å². The van der Waals surface area contributed by atoms with E-state index in [4.69, 9.17) is 0 Å². The summed E-state index contributed by atoms with van der Waals surface area (Å²) in [6.45, 7) is 10.7. The molecule has 0 bridgehead atoms. The van der Waals surface area contributed by atoms with E-state index in [1.165, 1.54) is 5.56 Å². The molecule has 1 aromatic carbocycles. The van der Waals surface area contributed by atoms with Crippen LogP contribution in [0.3, 0.4) is 0 Å². The van der Waals surface area contributed by atoms with E-state index in [0.717, 1.165) is 44.7 Å². The van der Waals surface area contributed by atoms with Gasteiger partial charge in [-0.3, -0.25) is 0 Å². The van der Waals surface area contributed by atoms with Crippen LogP contribution in [0.25, 0.3) is 0 Å². The van der Waals surface area contributed by atoms with Crippen molar-refractivity contribution in [2.75, 3.05) is 31.1 Å². The van der Waals surface area contributed by atoms with Gasteiger partial charge in [-0.05, 0) is 42.5 Å². The summed E-state index contributed by atoms with van der Waals surface area (Å²) in [6.07, 6.45) is 2.16. The third-order valence-corrected chi connectivity index (χ3v) is 4.27. The molecule has 3 heteroatoms. The van der Waals surface area contributed by atoms with E-state index in [1.807, 2.05) is 6.07 Å². The molecule has 0 radical (unpaired) electrons. The fraction of sp³-hybridized carbons (Fsp3) is 0.625. The summed E-state index contributed by atoms with van der Waals surface area (Å²) in [5, 5.41) is 3.45. The minimum absolute atomic E-state index is 0.129. The zero-order chi connectivity index (χ0) is 13.9. The lowest BCUT2D eigenvalue weighted by Gasteiger charge is -2.34. The highest BCUT2D eigenvalue weighted by atomic mass is 19.1. The molecule has 0 aliphatic carbocycles. The molecule has 2 nitrogen and oxygen atoms in total. The number of nitrogens with one attached hydrogen (secondary N) is 1. The summed E-state index contributed by atoms with van der Waals surface area (Å²) >= 11 is 0. The molecule has 106 valence electrons. The highest BCUT2D eigenvalue weighted by Gasteiger charge is 2.28. The number of benzene rings is 1. The fourth-order valence-electron chi connectivity index (χ4n) is 2.76. The Kier molecular flexibility index (Phi) is 4.46. The van der Waals surface area contributed by atoms with Gasteiger partial charge >= 0.3 is 0 Å². The maximum absolute atomic E-state index is 13.4. The maximum Gasteiger partial charge on any atom is 0.125 e. The van der Waals surface area contributed by atoms with Crippen molar-refractivity contribution < 1.29 is 4.39 Å². The van der Waals surface area contributed by atoms with E-state index >= 15 is 0 Å². The van der Waals surface area contributed by atoms with Crippen molar-refractivity contribution in [1.82, 2.24) is 5.32 Å². The minimum Gasteiger partial charge on any atom is -0.370 e. The molecular formula is C16H25FN2. The first-order valence-electron chi connectivity index (χ1n) is 7.32. The highest BCUT2D eigenvalue weighted by molar-refractivity contribution is 5.58. The molecule has 1 N–H and O–H groups in total. The third kappa shape index (κ3) is 3.27. The summed E-state index contributed by atoms with van der Waals surface area (Å²) < 4.78 is 13.4. The Morgan fingerprint density at radius 2 is 2.16 bits per heavy atom. The van der Waals surface area contributed by atoms with Gasteiger partial charge in [0, 0.05) is 25.3 Å². The van der Waals surface area contributed by atoms with Crippen molar-refractivity contribution in [2.24, 2.45) is 5.41 Å². The van der Waals surface area contributed by atoms with Gasteiger partial charge in [-0.15, -0.1) is 0 Å². The summed E-state index contributed by atoms with van der Waals surface area (Å²) in [6, 6.07) is 5.18. The van der Waals surface area contributed by atoms with E-state index in [2.05, 4.69) is 31.0 Å². The maximum atomic E-state index is 13.4. The van der Waals surface area contributed by atoms with E-state index in [-0.39, 0.29) is 11.2 Å². The predicted molar refractivity (Wildman–Crippen MR) is 79.3 cm³/mol. The van der Waals surface area contributed by atoms with E-state index in [0.29, 0.717) is 0 Å². The van der Waals surface area contributed by atoms with Gasteiger partial charge in [0.05, 0.1) is 0 Å². The molecule has 0 fully saturated rings. The van der Waals surface area contributed by atoms with Gasteiger partial charge in [-0.25, -0.2) is 4.39 Å². The largest absolute Gasteiger partial charge is 0.370 e. The van der Waals surface area contributed by atoms with Gasteiger partial charge in [0.15, 0.2) is 0 Å². The second-order valence-corrected chi connectivity index (χ2v) is 5.89. The molecule has 2 rings (SSSR count).